The number of para-hydroxylation sites is 2. The second-order valence-electron chi connectivity index (χ2n) is 5.68. The third-order valence-corrected chi connectivity index (χ3v) is 3.93. The SMILES string of the molecule is COc1cc(/C=C(\CC(=O)O)c2nc3ccccc3o2)cc2c1OCO2. The molecule has 3 aromatic rings. The third-order valence-electron chi connectivity index (χ3n) is 3.93. The first-order valence-corrected chi connectivity index (χ1v) is 7.90. The topological polar surface area (TPSA) is 91.0 Å². The van der Waals surface area contributed by atoms with Gasteiger partial charge in [-0.1, -0.05) is 12.1 Å². The maximum Gasteiger partial charge on any atom is 0.308 e. The Bertz CT molecular complexity index is 987. The van der Waals surface area contributed by atoms with Crippen LogP contribution in [0.1, 0.15) is 17.9 Å². The van der Waals surface area contributed by atoms with Gasteiger partial charge in [0.2, 0.25) is 18.4 Å². The minimum atomic E-state index is -0.980. The summed E-state index contributed by atoms with van der Waals surface area (Å²) in [6, 6.07) is 10.8. The van der Waals surface area contributed by atoms with Gasteiger partial charge in [-0.2, -0.15) is 0 Å². The molecular formula is C19H15NO6. The molecule has 1 aliphatic heterocycles. The number of carbonyl (C=O) groups is 1. The number of fused-ring (bicyclic) bond motifs is 2. The molecule has 0 spiro atoms. The summed E-state index contributed by atoms with van der Waals surface area (Å²) in [5.74, 6) is 0.879. The van der Waals surface area contributed by atoms with Gasteiger partial charge >= 0.3 is 5.97 Å². The molecule has 2 aromatic carbocycles. The standard InChI is InChI=1S/C19H15NO6/c1-23-15-7-11(8-16-18(15)25-10-24-16)6-12(9-17(21)22)19-20-13-4-2-3-5-14(13)26-19/h2-8H,9-10H2,1H3,(H,21,22)/b12-6+. The van der Waals surface area contributed by atoms with E-state index in [9.17, 15) is 9.90 Å². The number of hydrogen-bond donors (Lipinski definition) is 1. The summed E-state index contributed by atoms with van der Waals surface area (Å²) in [7, 11) is 1.53. The number of methoxy groups -OCH3 is 1. The fraction of sp³-hybridized carbons (Fsp3) is 0.158. The summed E-state index contributed by atoms with van der Waals surface area (Å²) in [5, 5.41) is 9.27. The number of aliphatic carboxylic acids is 1. The van der Waals surface area contributed by atoms with Crippen LogP contribution in [-0.4, -0.2) is 30.0 Å². The molecule has 0 bridgehead atoms. The fourth-order valence-corrected chi connectivity index (χ4v) is 2.80. The zero-order chi connectivity index (χ0) is 18.1. The maximum atomic E-state index is 11.3. The van der Waals surface area contributed by atoms with Gasteiger partial charge in [-0.15, -0.1) is 0 Å². The molecule has 1 N–H and O–H groups in total. The summed E-state index contributed by atoms with van der Waals surface area (Å²) in [5.41, 5.74) is 2.41. The zero-order valence-electron chi connectivity index (χ0n) is 13.9. The molecule has 1 aromatic heterocycles. The van der Waals surface area contributed by atoms with Crippen molar-refractivity contribution in [3.8, 4) is 17.2 Å². The maximum absolute atomic E-state index is 11.3. The number of ether oxygens (including phenoxy) is 3. The van der Waals surface area contributed by atoms with Crippen LogP contribution in [0.3, 0.4) is 0 Å². The third kappa shape index (κ3) is 2.95. The fourth-order valence-electron chi connectivity index (χ4n) is 2.80. The Morgan fingerprint density at radius 1 is 1.31 bits per heavy atom. The van der Waals surface area contributed by atoms with Crippen LogP contribution in [0.15, 0.2) is 40.8 Å². The molecule has 0 unspecified atom stereocenters. The average molecular weight is 353 g/mol. The van der Waals surface area contributed by atoms with Crippen molar-refractivity contribution >= 4 is 28.7 Å². The number of aromatic nitrogens is 1. The van der Waals surface area contributed by atoms with Gasteiger partial charge in [0, 0.05) is 5.57 Å². The van der Waals surface area contributed by atoms with Crippen LogP contribution in [0.5, 0.6) is 17.2 Å². The van der Waals surface area contributed by atoms with Crippen LogP contribution in [0.25, 0.3) is 22.7 Å². The molecule has 7 heteroatoms. The number of carboxylic acid groups (broad SMARTS) is 1. The minimum absolute atomic E-state index is 0.117. The first kappa shape index (κ1) is 16.0. The van der Waals surface area contributed by atoms with Crippen LogP contribution >= 0.6 is 0 Å². The van der Waals surface area contributed by atoms with Crippen LogP contribution in [0.2, 0.25) is 0 Å². The van der Waals surface area contributed by atoms with Crippen molar-refractivity contribution in [2.45, 2.75) is 6.42 Å². The van der Waals surface area contributed by atoms with Gasteiger partial charge in [0.05, 0.1) is 13.5 Å². The molecule has 26 heavy (non-hydrogen) atoms. The molecule has 0 aliphatic carbocycles. The highest BCUT2D eigenvalue weighted by Crippen LogP contribution is 2.42. The normalized spacial score (nSPS) is 13.2. The van der Waals surface area contributed by atoms with E-state index in [1.165, 1.54) is 7.11 Å². The predicted octanol–water partition coefficient (Wildman–Crippen LogP) is 3.58. The second-order valence-corrected chi connectivity index (χ2v) is 5.68. The van der Waals surface area contributed by atoms with Gasteiger partial charge in [-0.05, 0) is 35.9 Å². The van der Waals surface area contributed by atoms with E-state index < -0.39 is 5.97 Å². The van der Waals surface area contributed by atoms with E-state index >= 15 is 0 Å². The average Bonchev–Trinajstić information content (AvgIpc) is 3.26. The van der Waals surface area contributed by atoms with Gasteiger partial charge < -0.3 is 23.7 Å². The van der Waals surface area contributed by atoms with Gasteiger partial charge in [0.15, 0.2) is 17.1 Å². The van der Waals surface area contributed by atoms with E-state index in [2.05, 4.69) is 4.98 Å². The quantitative estimate of drug-likeness (QED) is 0.749. The van der Waals surface area contributed by atoms with E-state index in [0.29, 0.717) is 39.5 Å². The van der Waals surface area contributed by atoms with E-state index in [1.54, 1.807) is 24.3 Å². The molecule has 0 saturated carbocycles. The summed E-state index contributed by atoms with van der Waals surface area (Å²) in [6.45, 7) is 0.117. The molecule has 0 radical (unpaired) electrons. The van der Waals surface area contributed by atoms with Crippen LogP contribution in [0, 0.1) is 0 Å². The molecule has 0 saturated heterocycles. The van der Waals surface area contributed by atoms with Crippen LogP contribution in [-0.2, 0) is 4.79 Å². The lowest BCUT2D eigenvalue weighted by molar-refractivity contribution is -0.135. The second kappa shape index (κ2) is 6.44. The van der Waals surface area contributed by atoms with E-state index in [4.69, 9.17) is 18.6 Å². The number of carboxylic acids is 1. The highest BCUT2D eigenvalue weighted by atomic mass is 16.7. The molecule has 4 rings (SSSR count). The van der Waals surface area contributed by atoms with Gasteiger partial charge in [-0.3, -0.25) is 4.79 Å². The molecule has 1 aliphatic rings. The lowest BCUT2D eigenvalue weighted by Gasteiger charge is -2.07. The Hall–Kier alpha value is -3.48. The van der Waals surface area contributed by atoms with E-state index in [1.807, 2.05) is 18.2 Å². The Kier molecular flexibility index (Phi) is 3.96. The van der Waals surface area contributed by atoms with E-state index in [0.717, 1.165) is 0 Å². The molecule has 0 amide bonds. The summed E-state index contributed by atoms with van der Waals surface area (Å²) in [6.07, 6.45) is 1.47. The first-order chi connectivity index (χ1) is 12.6. The summed E-state index contributed by atoms with van der Waals surface area (Å²) >= 11 is 0. The molecular weight excluding hydrogens is 338 g/mol. The Morgan fingerprint density at radius 3 is 2.92 bits per heavy atom. The lowest BCUT2D eigenvalue weighted by atomic mass is 10.1. The lowest BCUT2D eigenvalue weighted by Crippen LogP contribution is -1.97. The van der Waals surface area contributed by atoms with Crippen molar-refractivity contribution in [3.05, 3.63) is 47.9 Å². The highest BCUT2D eigenvalue weighted by molar-refractivity contribution is 5.91. The molecule has 2 heterocycles. The van der Waals surface area contributed by atoms with Crippen molar-refractivity contribution < 1.29 is 28.5 Å². The molecule has 0 fully saturated rings. The van der Waals surface area contributed by atoms with Crippen molar-refractivity contribution in [3.63, 3.8) is 0 Å². The number of rotatable bonds is 5. The summed E-state index contributed by atoms with van der Waals surface area (Å²) < 4.78 is 21.8. The van der Waals surface area contributed by atoms with Crippen molar-refractivity contribution in [2.75, 3.05) is 13.9 Å². The largest absolute Gasteiger partial charge is 0.493 e. The number of nitrogens with zero attached hydrogens (tertiary/aromatic N) is 1. The van der Waals surface area contributed by atoms with Crippen LogP contribution in [0.4, 0.5) is 0 Å². The van der Waals surface area contributed by atoms with Crippen molar-refractivity contribution in [1.29, 1.82) is 0 Å². The molecule has 132 valence electrons. The Labute approximate surface area is 148 Å². The number of hydrogen-bond acceptors (Lipinski definition) is 6. The van der Waals surface area contributed by atoms with Gasteiger partial charge in [0.1, 0.15) is 5.52 Å². The monoisotopic (exact) mass is 353 g/mol. The van der Waals surface area contributed by atoms with E-state index in [-0.39, 0.29) is 19.1 Å². The molecule has 0 atom stereocenters. The summed E-state index contributed by atoms with van der Waals surface area (Å²) in [4.78, 5) is 15.7. The smallest absolute Gasteiger partial charge is 0.308 e. The number of benzene rings is 2. The predicted molar refractivity (Wildman–Crippen MR) is 93.2 cm³/mol. The highest BCUT2D eigenvalue weighted by Gasteiger charge is 2.21. The van der Waals surface area contributed by atoms with Crippen LogP contribution < -0.4 is 14.2 Å². The van der Waals surface area contributed by atoms with Gasteiger partial charge in [0.25, 0.3) is 0 Å². The van der Waals surface area contributed by atoms with Crippen molar-refractivity contribution in [2.24, 2.45) is 0 Å². The Balaban J connectivity index is 1.80. The van der Waals surface area contributed by atoms with Gasteiger partial charge in [-0.25, -0.2) is 4.98 Å². The minimum Gasteiger partial charge on any atom is -0.493 e. The van der Waals surface area contributed by atoms with Crippen molar-refractivity contribution in [1.82, 2.24) is 4.98 Å². The molecule has 7 nitrogen and oxygen atoms in total. The Morgan fingerprint density at radius 2 is 2.15 bits per heavy atom. The number of oxazole rings is 1. The zero-order valence-corrected chi connectivity index (χ0v) is 13.9. The first-order valence-electron chi connectivity index (χ1n) is 7.90.